The molecule has 0 aliphatic heterocycles. The van der Waals surface area contributed by atoms with Gasteiger partial charge in [0.2, 0.25) is 0 Å². The van der Waals surface area contributed by atoms with Crippen LogP contribution in [0.1, 0.15) is 15.9 Å². The van der Waals surface area contributed by atoms with E-state index >= 15 is 0 Å². The number of carbonyl (C=O) groups excluding carboxylic acids is 1. The molecule has 3 N–H and O–H groups in total. The van der Waals surface area contributed by atoms with Gasteiger partial charge in [-0.05, 0) is 18.1 Å². The number of benzene rings is 1. The van der Waals surface area contributed by atoms with Crippen molar-refractivity contribution in [1.29, 1.82) is 0 Å². The quantitative estimate of drug-likeness (QED) is 0.834. The molecule has 0 aliphatic rings. The number of carbonyl (C=O) groups is 1. The Kier molecular flexibility index (Phi) is 6.80. The number of amides is 1. The number of rotatable bonds is 4. The van der Waals surface area contributed by atoms with Crippen LogP contribution in [-0.2, 0) is 6.42 Å². The molecule has 1 aromatic carbocycles. The molecule has 0 unspecified atom stereocenters. The highest BCUT2D eigenvalue weighted by Crippen LogP contribution is 2.12. The minimum Gasteiger partial charge on any atom is -0.395 e. The van der Waals surface area contributed by atoms with Crippen LogP contribution in [0.2, 0.25) is 0 Å². The molecule has 0 aromatic heterocycles. The van der Waals surface area contributed by atoms with E-state index in [1.54, 1.807) is 20.2 Å². The molecule has 1 rings (SSSR count). The maximum absolute atomic E-state index is 11.9. The molecule has 0 radical (unpaired) electrons. The molecule has 17 heavy (non-hydrogen) atoms. The molecule has 0 saturated carbocycles. The van der Waals surface area contributed by atoms with Gasteiger partial charge in [0.1, 0.15) is 0 Å². The Morgan fingerprint density at radius 2 is 2.00 bits per heavy atom. The van der Waals surface area contributed by atoms with Crippen LogP contribution in [0, 0.1) is 0 Å². The van der Waals surface area contributed by atoms with Crippen LogP contribution >= 0.6 is 12.4 Å². The van der Waals surface area contributed by atoms with Gasteiger partial charge in [0.05, 0.1) is 6.61 Å². The Bertz CT molecular complexity index is 369. The van der Waals surface area contributed by atoms with Gasteiger partial charge in [0.25, 0.3) is 5.91 Å². The zero-order valence-corrected chi connectivity index (χ0v) is 10.9. The lowest BCUT2D eigenvalue weighted by molar-refractivity contribution is 0.0826. The van der Waals surface area contributed by atoms with Gasteiger partial charge in [-0.2, -0.15) is 0 Å². The standard InChI is InChI=1S/C12H18N2O2.ClH/c1-14(2)12(16)11-6-4-3-5-9(11)7-10(13)8-15;/h3-6,10,15H,7-8,13H2,1-2H3;1H/t10-;/m1./s1. The largest absolute Gasteiger partial charge is 0.395 e. The van der Waals surface area contributed by atoms with Crippen molar-refractivity contribution >= 4 is 18.3 Å². The number of aliphatic hydroxyl groups is 1. The maximum Gasteiger partial charge on any atom is 0.253 e. The summed E-state index contributed by atoms with van der Waals surface area (Å²) in [6, 6.07) is 7.01. The van der Waals surface area contributed by atoms with Crippen molar-refractivity contribution in [2.24, 2.45) is 5.73 Å². The van der Waals surface area contributed by atoms with Crippen LogP contribution in [0.5, 0.6) is 0 Å². The number of nitrogens with two attached hydrogens (primary N) is 1. The van der Waals surface area contributed by atoms with E-state index in [0.29, 0.717) is 12.0 Å². The molecule has 1 atom stereocenters. The third-order valence-electron chi connectivity index (χ3n) is 2.37. The lowest BCUT2D eigenvalue weighted by Gasteiger charge is -2.15. The van der Waals surface area contributed by atoms with Gasteiger partial charge in [0.15, 0.2) is 0 Å². The summed E-state index contributed by atoms with van der Waals surface area (Å²) in [7, 11) is 3.43. The molecular weight excluding hydrogens is 240 g/mol. The Morgan fingerprint density at radius 1 is 1.41 bits per heavy atom. The van der Waals surface area contributed by atoms with E-state index in [9.17, 15) is 4.79 Å². The van der Waals surface area contributed by atoms with E-state index in [-0.39, 0.29) is 31.0 Å². The fourth-order valence-corrected chi connectivity index (χ4v) is 1.49. The molecule has 0 fully saturated rings. The van der Waals surface area contributed by atoms with E-state index in [2.05, 4.69) is 0 Å². The molecule has 96 valence electrons. The summed E-state index contributed by atoms with van der Waals surface area (Å²) >= 11 is 0. The molecule has 0 saturated heterocycles. The third-order valence-corrected chi connectivity index (χ3v) is 2.37. The molecule has 0 spiro atoms. The molecule has 4 nitrogen and oxygen atoms in total. The summed E-state index contributed by atoms with van der Waals surface area (Å²) in [6.07, 6.45) is 0.506. The first-order valence-electron chi connectivity index (χ1n) is 5.22. The van der Waals surface area contributed by atoms with Gasteiger partial charge < -0.3 is 15.7 Å². The van der Waals surface area contributed by atoms with Crippen LogP contribution in [0.3, 0.4) is 0 Å². The number of nitrogens with zero attached hydrogens (tertiary/aromatic N) is 1. The van der Waals surface area contributed by atoms with Gasteiger partial charge in [-0.1, -0.05) is 18.2 Å². The zero-order valence-electron chi connectivity index (χ0n) is 10.1. The summed E-state index contributed by atoms with van der Waals surface area (Å²) < 4.78 is 0. The molecule has 0 heterocycles. The van der Waals surface area contributed by atoms with Crippen molar-refractivity contribution in [3.05, 3.63) is 35.4 Å². The number of hydrogen-bond donors (Lipinski definition) is 2. The summed E-state index contributed by atoms with van der Waals surface area (Å²) in [5.41, 5.74) is 7.20. The second kappa shape index (κ2) is 7.27. The molecule has 5 heteroatoms. The summed E-state index contributed by atoms with van der Waals surface area (Å²) in [5, 5.41) is 8.91. The Morgan fingerprint density at radius 3 is 2.53 bits per heavy atom. The number of hydrogen-bond acceptors (Lipinski definition) is 3. The van der Waals surface area contributed by atoms with Crippen LogP contribution in [0.15, 0.2) is 24.3 Å². The monoisotopic (exact) mass is 258 g/mol. The lowest BCUT2D eigenvalue weighted by Crippen LogP contribution is -2.29. The van der Waals surface area contributed by atoms with E-state index < -0.39 is 0 Å². The SMILES string of the molecule is CN(C)C(=O)c1ccccc1C[C@@H](N)CO.Cl. The fraction of sp³-hybridized carbons (Fsp3) is 0.417. The predicted molar refractivity (Wildman–Crippen MR) is 70.5 cm³/mol. The smallest absolute Gasteiger partial charge is 0.253 e. The number of aliphatic hydroxyl groups excluding tert-OH is 1. The Balaban J connectivity index is 0.00000256. The van der Waals surface area contributed by atoms with Crippen LogP contribution < -0.4 is 5.73 Å². The highest BCUT2D eigenvalue weighted by atomic mass is 35.5. The second-order valence-corrected chi connectivity index (χ2v) is 4.00. The lowest BCUT2D eigenvalue weighted by atomic mass is 10.00. The minimum atomic E-state index is -0.323. The first-order chi connectivity index (χ1) is 7.56. The average Bonchev–Trinajstić information content (AvgIpc) is 2.28. The molecule has 0 aliphatic carbocycles. The Labute approximate surface area is 108 Å². The zero-order chi connectivity index (χ0) is 12.1. The molecule has 1 aromatic rings. The van der Waals surface area contributed by atoms with Gasteiger partial charge in [0, 0.05) is 25.7 Å². The summed E-state index contributed by atoms with van der Waals surface area (Å²) in [4.78, 5) is 13.4. The average molecular weight is 259 g/mol. The normalized spacial score (nSPS) is 11.5. The fourth-order valence-electron chi connectivity index (χ4n) is 1.49. The summed E-state index contributed by atoms with van der Waals surface area (Å²) in [5.74, 6) is -0.0410. The first-order valence-corrected chi connectivity index (χ1v) is 5.22. The van der Waals surface area contributed by atoms with Crippen molar-refractivity contribution in [1.82, 2.24) is 4.90 Å². The van der Waals surface area contributed by atoms with Gasteiger partial charge in [-0.25, -0.2) is 0 Å². The maximum atomic E-state index is 11.9. The molecule has 1 amide bonds. The highest BCUT2D eigenvalue weighted by Gasteiger charge is 2.14. The van der Waals surface area contributed by atoms with Gasteiger partial charge in [-0.3, -0.25) is 4.79 Å². The minimum absolute atomic E-state index is 0. The van der Waals surface area contributed by atoms with Crippen LogP contribution in [0.25, 0.3) is 0 Å². The van der Waals surface area contributed by atoms with Crippen LogP contribution in [0.4, 0.5) is 0 Å². The predicted octanol–water partition coefficient (Wildman–Crippen LogP) is 0.672. The van der Waals surface area contributed by atoms with Gasteiger partial charge in [-0.15, -0.1) is 12.4 Å². The van der Waals surface area contributed by atoms with Crippen molar-refractivity contribution in [2.75, 3.05) is 20.7 Å². The third kappa shape index (κ3) is 4.34. The highest BCUT2D eigenvalue weighted by molar-refractivity contribution is 5.95. The molecule has 0 bridgehead atoms. The van der Waals surface area contributed by atoms with Crippen molar-refractivity contribution in [2.45, 2.75) is 12.5 Å². The van der Waals surface area contributed by atoms with Crippen molar-refractivity contribution in [3.8, 4) is 0 Å². The van der Waals surface area contributed by atoms with Gasteiger partial charge >= 0.3 is 0 Å². The van der Waals surface area contributed by atoms with E-state index in [1.165, 1.54) is 4.90 Å². The van der Waals surface area contributed by atoms with E-state index in [0.717, 1.165) is 5.56 Å². The molecular formula is C12H19ClN2O2. The summed E-state index contributed by atoms with van der Waals surface area (Å²) in [6.45, 7) is -0.0789. The Hall–Kier alpha value is -1.10. The van der Waals surface area contributed by atoms with Crippen molar-refractivity contribution in [3.63, 3.8) is 0 Å². The second-order valence-electron chi connectivity index (χ2n) is 4.00. The van der Waals surface area contributed by atoms with Crippen molar-refractivity contribution < 1.29 is 9.90 Å². The van der Waals surface area contributed by atoms with Crippen LogP contribution in [-0.4, -0.2) is 42.7 Å². The first kappa shape index (κ1) is 15.9. The van der Waals surface area contributed by atoms with E-state index in [4.69, 9.17) is 10.8 Å². The number of halogens is 1. The topological polar surface area (TPSA) is 66.6 Å². The van der Waals surface area contributed by atoms with E-state index in [1.807, 2.05) is 18.2 Å².